The Bertz CT molecular complexity index is 1040. The number of halogens is 2. The lowest BCUT2D eigenvalue weighted by molar-refractivity contribution is 0.0529. The quantitative estimate of drug-likeness (QED) is 0.427. The molecule has 0 saturated heterocycles. The van der Waals surface area contributed by atoms with Gasteiger partial charge in [0.15, 0.2) is 0 Å². The van der Waals surface area contributed by atoms with Crippen molar-refractivity contribution in [2.24, 2.45) is 5.10 Å². The number of aromatic nitrogens is 1. The van der Waals surface area contributed by atoms with Crippen molar-refractivity contribution in [2.45, 2.75) is 32.9 Å². The van der Waals surface area contributed by atoms with Crippen molar-refractivity contribution in [3.63, 3.8) is 0 Å². The van der Waals surface area contributed by atoms with Gasteiger partial charge in [0.25, 0.3) is 0 Å². The number of nitrogens with zero attached hydrogens (tertiary/aromatic N) is 2. The van der Waals surface area contributed by atoms with E-state index >= 15 is 0 Å². The third-order valence-electron chi connectivity index (χ3n) is 3.93. The van der Waals surface area contributed by atoms with Crippen LogP contribution in [0.15, 0.2) is 53.8 Å². The zero-order valence-electron chi connectivity index (χ0n) is 15.9. The number of hydrazone groups is 1. The van der Waals surface area contributed by atoms with Gasteiger partial charge < -0.3 is 9.30 Å². The molecule has 0 radical (unpaired) electrons. The summed E-state index contributed by atoms with van der Waals surface area (Å²) in [6.07, 6.45) is 2.97. The number of hydrogen-bond acceptors (Lipinski definition) is 3. The third kappa shape index (κ3) is 5.06. The first kappa shape index (κ1) is 20.2. The van der Waals surface area contributed by atoms with Gasteiger partial charge in [-0.3, -0.25) is 0 Å². The van der Waals surface area contributed by atoms with E-state index in [1.807, 2.05) is 42.6 Å². The normalized spacial score (nSPS) is 11.9. The van der Waals surface area contributed by atoms with Crippen LogP contribution in [0, 0.1) is 0 Å². The molecule has 146 valence electrons. The maximum atomic E-state index is 11.7. The van der Waals surface area contributed by atoms with E-state index in [0.717, 1.165) is 22.0 Å². The van der Waals surface area contributed by atoms with Gasteiger partial charge in [-0.15, -0.1) is 0 Å². The molecular formula is C21H21Cl2N3O2. The number of amides is 1. The Morgan fingerprint density at radius 2 is 1.96 bits per heavy atom. The van der Waals surface area contributed by atoms with Crippen molar-refractivity contribution in [1.82, 2.24) is 9.99 Å². The van der Waals surface area contributed by atoms with E-state index < -0.39 is 11.7 Å². The molecule has 0 aliphatic heterocycles. The summed E-state index contributed by atoms with van der Waals surface area (Å²) in [4.78, 5) is 11.7. The Labute approximate surface area is 173 Å². The van der Waals surface area contributed by atoms with E-state index in [1.165, 1.54) is 0 Å². The van der Waals surface area contributed by atoms with Gasteiger partial charge in [0.2, 0.25) is 0 Å². The number of rotatable bonds is 4. The van der Waals surface area contributed by atoms with Crippen molar-refractivity contribution >= 4 is 46.4 Å². The van der Waals surface area contributed by atoms with E-state index in [4.69, 9.17) is 27.9 Å². The summed E-state index contributed by atoms with van der Waals surface area (Å²) >= 11 is 12.3. The molecule has 0 saturated carbocycles. The molecule has 7 heteroatoms. The maximum absolute atomic E-state index is 11.7. The maximum Gasteiger partial charge on any atom is 0.428 e. The summed E-state index contributed by atoms with van der Waals surface area (Å²) in [6.45, 7) is 5.98. The number of ether oxygens (including phenoxy) is 1. The van der Waals surface area contributed by atoms with Crippen molar-refractivity contribution in [3.8, 4) is 0 Å². The lowest BCUT2D eigenvalue weighted by Gasteiger charge is -2.18. The van der Waals surface area contributed by atoms with Crippen molar-refractivity contribution in [2.75, 3.05) is 0 Å². The summed E-state index contributed by atoms with van der Waals surface area (Å²) in [5.74, 6) is 0. The van der Waals surface area contributed by atoms with E-state index in [9.17, 15) is 4.79 Å². The lowest BCUT2D eigenvalue weighted by Crippen LogP contribution is -2.29. The SMILES string of the molecule is CC(C)(C)OC(=O)N/N=C\c1cn(Cc2ccc(Cl)cc2Cl)c2ccccc12. The Balaban J connectivity index is 1.84. The summed E-state index contributed by atoms with van der Waals surface area (Å²) < 4.78 is 7.26. The summed E-state index contributed by atoms with van der Waals surface area (Å²) in [5, 5.41) is 6.26. The smallest absolute Gasteiger partial charge is 0.428 e. The minimum Gasteiger partial charge on any atom is -0.443 e. The van der Waals surface area contributed by atoms with Crippen LogP contribution >= 0.6 is 23.2 Å². The van der Waals surface area contributed by atoms with Crippen molar-refractivity contribution in [3.05, 3.63) is 69.8 Å². The Morgan fingerprint density at radius 1 is 1.21 bits per heavy atom. The van der Waals surface area contributed by atoms with E-state index in [0.29, 0.717) is 16.6 Å². The molecule has 1 N–H and O–H groups in total. The van der Waals surface area contributed by atoms with Gasteiger partial charge in [0, 0.05) is 39.3 Å². The number of benzene rings is 2. The monoisotopic (exact) mass is 417 g/mol. The van der Waals surface area contributed by atoms with E-state index in [-0.39, 0.29) is 0 Å². The first-order chi connectivity index (χ1) is 13.2. The van der Waals surface area contributed by atoms with Gasteiger partial charge in [0.05, 0.1) is 6.21 Å². The third-order valence-corrected chi connectivity index (χ3v) is 4.52. The highest BCUT2D eigenvalue weighted by Crippen LogP contribution is 2.25. The molecule has 5 nitrogen and oxygen atoms in total. The summed E-state index contributed by atoms with van der Waals surface area (Å²) in [5.41, 5.74) is 4.68. The lowest BCUT2D eigenvalue weighted by atomic mass is 10.2. The topological polar surface area (TPSA) is 55.6 Å². The van der Waals surface area contributed by atoms with Gasteiger partial charge in [-0.25, -0.2) is 10.2 Å². The number of fused-ring (bicyclic) bond motifs is 1. The number of para-hydroxylation sites is 1. The fraction of sp³-hybridized carbons (Fsp3) is 0.238. The zero-order valence-corrected chi connectivity index (χ0v) is 17.4. The minimum atomic E-state index is -0.597. The fourth-order valence-corrected chi connectivity index (χ4v) is 3.27. The molecule has 1 heterocycles. The Hall–Kier alpha value is -2.50. The Kier molecular flexibility index (Phi) is 5.96. The van der Waals surface area contributed by atoms with Crippen LogP contribution in [0.5, 0.6) is 0 Å². The number of nitrogens with one attached hydrogen (secondary N) is 1. The fourth-order valence-electron chi connectivity index (χ4n) is 2.80. The van der Waals surface area contributed by atoms with Crippen molar-refractivity contribution in [1.29, 1.82) is 0 Å². The van der Waals surface area contributed by atoms with Crippen LogP contribution in [0.2, 0.25) is 10.0 Å². The number of hydrogen-bond donors (Lipinski definition) is 1. The predicted octanol–water partition coefficient (Wildman–Crippen LogP) is 5.86. The van der Waals surface area contributed by atoms with Gasteiger partial charge in [0.1, 0.15) is 5.60 Å². The Morgan fingerprint density at radius 3 is 2.68 bits per heavy atom. The summed E-state index contributed by atoms with van der Waals surface area (Å²) in [6, 6.07) is 13.4. The van der Waals surface area contributed by atoms with Crippen LogP contribution in [0.1, 0.15) is 31.9 Å². The molecule has 2 aromatic carbocycles. The van der Waals surface area contributed by atoms with Crippen LogP contribution < -0.4 is 5.43 Å². The standard InChI is InChI=1S/C21H21Cl2N3O2/c1-21(2,3)28-20(27)25-24-11-15-13-26(19-7-5-4-6-17(15)19)12-14-8-9-16(22)10-18(14)23/h4-11,13H,12H2,1-3H3,(H,25,27)/b24-11-. The molecule has 0 aliphatic carbocycles. The zero-order chi connectivity index (χ0) is 20.3. The van der Waals surface area contributed by atoms with E-state index in [1.54, 1.807) is 33.1 Å². The first-order valence-electron chi connectivity index (χ1n) is 8.77. The molecule has 1 amide bonds. The molecule has 0 fully saturated rings. The van der Waals surface area contributed by atoms with Crippen LogP contribution in [-0.2, 0) is 11.3 Å². The van der Waals surface area contributed by atoms with Crippen LogP contribution in [0.25, 0.3) is 10.9 Å². The first-order valence-corrected chi connectivity index (χ1v) is 9.52. The van der Waals surface area contributed by atoms with Gasteiger partial charge in [-0.2, -0.15) is 5.10 Å². The highest BCUT2D eigenvalue weighted by Gasteiger charge is 2.15. The molecule has 0 unspecified atom stereocenters. The molecule has 0 atom stereocenters. The highest BCUT2D eigenvalue weighted by atomic mass is 35.5. The molecule has 0 bridgehead atoms. The van der Waals surface area contributed by atoms with E-state index in [2.05, 4.69) is 15.1 Å². The molecule has 3 rings (SSSR count). The molecular weight excluding hydrogens is 397 g/mol. The number of carbonyl (C=O) groups is 1. The largest absolute Gasteiger partial charge is 0.443 e. The van der Waals surface area contributed by atoms with Gasteiger partial charge in [-0.1, -0.05) is 47.5 Å². The summed E-state index contributed by atoms with van der Waals surface area (Å²) in [7, 11) is 0. The second-order valence-electron chi connectivity index (χ2n) is 7.34. The molecule has 0 spiro atoms. The molecule has 28 heavy (non-hydrogen) atoms. The van der Waals surface area contributed by atoms with Gasteiger partial charge in [-0.05, 0) is 44.5 Å². The molecule has 3 aromatic rings. The van der Waals surface area contributed by atoms with Crippen molar-refractivity contribution < 1.29 is 9.53 Å². The van der Waals surface area contributed by atoms with Crippen LogP contribution in [0.4, 0.5) is 4.79 Å². The van der Waals surface area contributed by atoms with Gasteiger partial charge >= 0.3 is 6.09 Å². The minimum absolute atomic E-state index is 0.576. The second kappa shape index (κ2) is 8.25. The van der Waals surface area contributed by atoms with Crippen LogP contribution in [0.3, 0.4) is 0 Å². The average molecular weight is 418 g/mol. The number of carbonyl (C=O) groups excluding carboxylic acids is 1. The highest BCUT2D eigenvalue weighted by molar-refractivity contribution is 6.35. The molecule has 0 aliphatic rings. The average Bonchev–Trinajstić information content (AvgIpc) is 2.94. The molecule has 1 aromatic heterocycles. The van der Waals surface area contributed by atoms with Crippen LogP contribution in [-0.4, -0.2) is 22.5 Å². The predicted molar refractivity (Wildman–Crippen MR) is 114 cm³/mol. The second-order valence-corrected chi connectivity index (χ2v) is 8.18.